The Morgan fingerprint density at radius 3 is 2.63 bits per heavy atom. The van der Waals surface area contributed by atoms with Gasteiger partial charge in [0, 0.05) is 12.6 Å². The summed E-state index contributed by atoms with van der Waals surface area (Å²) in [7, 11) is -3.46. The summed E-state index contributed by atoms with van der Waals surface area (Å²) in [6, 6.07) is 0.534. The van der Waals surface area contributed by atoms with Crippen molar-refractivity contribution in [1.82, 2.24) is 20.2 Å². The van der Waals surface area contributed by atoms with Gasteiger partial charge in [0.15, 0.2) is 0 Å². The summed E-state index contributed by atoms with van der Waals surface area (Å²) in [5.41, 5.74) is 1.10. The minimum Gasteiger partial charge on any atom is -0.314 e. The maximum Gasteiger partial charge on any atom is 0.244 e. The number of piperidine rings is 1. The van der Waals surface area contributed by atoms with Gasteiger partial charge in [0.05, 0.1) is 11.4 Å². The minimum atomic E-state index is -3.46. The van der Waals surface area contributed by atoms with E-state index >= 15 is 0 Å². The molecule has 2 atom stereocenters. The predicted molar refractivity (Wildman–Crippen MR) is 73.4 cm³/mol. The summed E-state index contributed by atoms with van der Waals surface area (Å²) in [5, 5.41) is 10.0. The second-order valence-electron chi connectivity index (χ2n) is 5.37. The van der Waals surface area contributed by atoms with Gasteiger partial charge in [-0.25, -0.2) is 13.1 Å². The highest BCUT2D eigenvalue weighted by Crippen LogP contribution is 2.18. The Labute approximate surface area is 114 Å². The summed E-state index contributed by atoms with van der Waals surface area (Å²) in [4.78, 5) is 0.282. The first-order valence-corrected chi connectivity index (χ1v) is 8.13. The predicted octanol–water partition coefficient (Wildman–Crippen LogP) is 0.693. The van der Waals surface area contributed by atoms with Crippen LogP contribution in [0.2, 0.25) is 0 Å². The molecule has 7 heteroatoms. The van der Waals surface area contributed by atoms with Gasteiger partial charge in [0.2, 0.25) is 10.0 Å². The number of hydrogen-bond acceptors (Lipinski definition) is 4. The van der Waals surface area contributed by atoms with Crippen LogP contribution in [0, 0.1) is 19.8 Å². The molecule has 1 aliphatic heterocycles. The van der Waals surface area contributed by atoms with Crippen LogP contribution < -0.4 is 10.0 Å². The van der Waals surface area contributed by atoms with E-state index in [2.05, 4.69) is 27.2 Å². The topological polar surface area (TPSA) is 86.9 Å². The van der Waals surface area contributed by atoms with Crippen molar-refractivity contribution < 1.29 is 8.42 Å². The number of nitrogens with zero attached hydrogens (tertiary/aromatic N) is 1. The van der Waals surface area contributed by atoms with E-state index in [1.54, 1.807) is 13.8 Å². The molecule has 0 radical (unpaired) electrons. The molecule has 0 saturated carbocycles. The highest BCUT2D eigenvalue weighted by atomic mass is 32.2. The van der Waals surface area contributed by atoms with Crippen LogP contribution in [-0.4, -0.2) is 37.7 Å². The van der Waals surface area contributed by atoms with Gasteiger partial charge in [0.1, 0.15) is 4.90 Å². The molecule has 3 N–H and O–H groups in total. The third-order valence-corrected chi connectivity index (χ3v) is 5.34. The first-order valence-electron chi connectivity index (χ1n) is 6.64. The standard InChI is InChI=1S/C12H22N4O2S/c1-8-4-5-11(6-13-8)7-14-19(17,18)12-9(2)15-16-10(12)3/h8,11,13-14H,4-7H2,1-3H3,(H,15,16). The largest absolute Gasteiger partial charge is 0.314 e. The minimum absolute atomic E-state index is 0.282. The fourth-order valence-corrected chi connectivity index (χ4v) is 3.95. The van der Waals surface area contributed by atoms with Crippen molar-refractivity contribution in [2.45, 2.75) is 44.6 Å². The molecule has 108 valence electrons. The molecule has 2 heterocycles. The van der Waals surface area contributed by atoms with E-state index in [0.717, 1.165) is 19.4 Å². The van der Waals surface area contributed by atoms with Gasteiger partial charge in [-0.3, -0.25) is 5.10 Å². The number of nitrogens with one attached hydrogen (secondary N) is 3. The first kappa shape index (κ1) is 14.5. The van der Waals surface area contributed by atoms with Crippen LogP contribution in [0.15, 0.2) is 4.90 Å². The van der Waals surface area contributed by atoms with Crippen LogP contribution in [0.5, 0.6) is 0 Å². The number of aromatic nitrogens is 2. The van der Waals surface area contributed by atoms with Crippen molar-refractivity contribution in [2.75, 3.05) is 13.1 Å². The Balaban J connectivity index is 1.99. The summed E-state index contributed by atoms with van der Waals surface area (Å²) < 4.78 is 27.2. The fraction of sp³-hybridized carbons (Fsp3) is 0.750. The molecule has 0 spiro atoms. The van der Waals surface area contributed by atoms with Crippen molar-refractivity contribution in [2.24, 2.45) is 5.92 Å². The lowest BCUT2D eigenvalue weighted by Crippen LogP contribution is -2.42. The molecule has 0 amide bonds. The molecule has 0 aromatic carbocycles. The fourth-order valence-electron chi connectivity index (χ4n) is 2.47. The van der Waals surface area contributed by atoms with Crippen LogP contribution >= 0.6 is 0 Å². The van der Waals surface area contributed by atoms with Gasteiger partial charge in [-0.05, 0) is 46.1 Å². The maximum absolute atomic E-state index is 12.3. The smallest absolute Gasteiger partial charge is 0.244 e. The van der Waals surface area contributed by atoms with Gasteiger partial charge in [-0.15, -0.1) is 0 Å². The van der Waals surface area contributed by atoms with Crippen molar-refractivity contribution in [1.29, 1.82) is 0 Å². The van der Waals surface area contributed by atoms with Gasteiger partial charge in [-0.2, -0.15) is 5.10 Å². The average molecular weight is 286 g/mol. The Hall–Kier alpha value is -0.920. The first-order chi connectivity index (χ1) is 8.90. The number of hydrogen-bond donors (Lipinski definition) is 3. The number of aromatic amines is 1. The van der Waals surface area contributed by atoms with Crippen LogP contribution in [0.4, 0.5) is 0 Å². The van der Waals surface area contributed by atoms with Gasteiger partial charge < -0.3 is 5.32 Å². The lowest BCUT2D eigenvalue weighted by molar-refractivity contribution is 0.323. The normalized spacial score (nSPS) is 24.6. The van der Waals surface area contributed by atoms with E-state index in [4.69, 9.17) is 0 Å². The van der Waals surface area contributed by atoms with E-state index in [9.17, 15) is 8.42 Å². The molecular formula is C12H22N4O2S. The average Bonchev–Trinajstić information content (AvgIpc) is 2.69. The maximum atomic E-state index is 12.3. The lowest BCUT2D eigenvalue weighted by Gasteiger charge is -2.27. The van der Waals surface area contributed by atoms with E-state index in [1.807, 2.05) is 0 Å². The number of aryl methyl sites for hydroxylation is 2. The van der Waals surface area contributed by atoms with E-state index in [1.165, 1.54) is 0 Å². The van der Waals surface area contributed by atoms with Gasteiger partial charge in [-0.1, -0.05) is 0 Å². The second-order valence-corrected chi connectivity index (χ2v) is 7.07. The third-order valence-electron chi connectivity index (χ3n) is 3.65. The van der Waals surface area contributed by atoms with Gasteiger partial charge >= 0.3 is 0 Å². The molecule has 0 bridgehead atoms. The van der Waals surface area contributed by atoms with Crippen molar-refractivity contribution in [3.8, 4) is 0 Å². The zero-order valence-corrected chi connectivity index (χ0v) is 12.5. The Morgan fingerprint density at radius 2 is 2.11 bits per heavy atom. The number of H-pyrrole nitrogens is 1. The Kier molecular flexibility index (Phi) is 4.27. The van der Waals surface area contributed by atoms with E-state index in [-0.39, 0.29) is 4.90 Å². The quantitative estimate of drug-likeness (QED) is 0.760. The lowest BCUT2D eigenvalue weighted by atomic mass is 9.96. The third kappa shape index (κ3) is 3.34. The highest BCUT2D eigenvalue weighted by molar-refractivity contribution is 7.89. The molecule has 1 saturated heterocycles. The molecule has 2 rings (SSSR count). The molecule has 6 nitrogen and oxygen atoms in total. The SMILES string of the molecule is Cc1n[nH]c(C)c1S(=O)(=O)NCC1CCC(C)NC1. The molecular weight excluding hydrogens is 264 g/mol. The number of rotatable bonds is 4. The van der Waals surface area contributed by atoms with Crippen LogP contribution in [0.25, 0.3) is 0 Å². The Bertz CT molecular complexity index is 510. The summed E-state index contributed by atoms with van der Waals surface area (Å²) in [6.07, 6.45) is 2.15. The summed E-state index contributed by atoms with van der Waals surface area (Å²) in [5.74, 6) is 0.360. The van der Waals surface area contributed by atoms with Crippen LogP contribution in [0.1, 0.15) is 31.2 Å². The van der Waals surface area contributed by atoms with Crippen LogP contribution in [-0.2, 0) is 10.0 Å². The monoisotopic (exact) mass is 286 g/mol. The highest BCUT2D eigenvalue weighted by Gasteiger charge is 2.24. The van der Waals surface area contributed by atoms with E-state index in [0.29, 0.717) is 29.9 Å². The van der Waals surface area contributed by atoms with Crippen molar-refractivity contribution in [3.63, 3.8) is 0 Å². The molecule has 1 aromatic heterocycles. The zero-order chi connectivity index (χ0) is 14.0. The molecule has 1 fully saturated rings. The van der Waals surface area contributed by atoms with Gasteiger partial charge in [0.25, 0.3) is 0 Å². The van der Waals surface area contributed by atoms with Crippen molar-refractivity contribution in [3.05, 3.63) is 11.4 Å². The number of sulfonamides is 1. The molecule has 2 unspecified atom stereocenters. The summed E-state index contributed by atoms with van der Waals surface area (Å²) in [6.45, 7) is 6.91. The molecule has 1 aromatic rings. The second kappa shape index (κ2) is 5.60. The Morgan fingerprint density at radius 1 is 1.37 bits per heavy atom. The molecule has 0 aliphatic carbocycles. The van der Waals surface area contributed by atoms with E-state index < -0.39 is 10.0 Å². The molecule has 1 aliphatic rings. The van der Waals surface area contributed by atoms with Crippen molar-refractivity contribution >= 4 is 10.0 Å². The zero-order valence-electron chi connectivity index (χ0n) is 11.7. The summed E-state index contributed by atoms with van der Waals surface area (Å²) >= 11 is 0. The van der Waals surface area contributed by atoms with Crippen LogP contribution in [0.3, 0.4) is 0 Å². The molecule has 19 heavy (non-hydrogen) atoms.